The van der Waals surface area contributed by atoms with Gasteiger partial charge in [0.05, 0.1) is 20.1 Å². The first-order chi connectivity index (χ1) is 12.0. The lowest BCUT2D eigenvalue weighted by molar-refractivity contribution is -0.153. The molecule has 0 aliphatic heterocycles. The number of carbonyl (C=O) groups is 1. The van der Waals surface area contributed by atoms with Crippen molar-refractivity contribution in [2.45, 2.75) is 105 Å². The standard InChI is InChI=1S/C23H44O2Si/c1-9-10-11-12-16-21(19-26(6,7)8)18-20(2)15-13-14-17-25-22(24)23(3,4)5/h19H,2,9-18H2,1,3-8H3/b21-19-. The van der Waals surface area contributed by atoms with Gasteiger partial charge in [-0.1, -0.05) is 69.3 Å². The van der Waals surface area contributed by atoms with E-state index in [-0.39, 0.29) is 5.97 Å². The van der Waals surface area contributed by atoms with Gasteiger partial charge in [0.1, 0.15) is 0 Å². The Morgan fingerprint density at radius 3 is 2.15 bits per heavy atom. The molecule has 0 bridgehead atoms. The summed E-state index contributed by atoms with van der Waals surface area (Å²) in [5, 5.41) is 0. The third-order valence-corrected chi connectivity index (χ3v) is 5.51. The predicted octanol–water partition coefficient (Wildman–Crippen LogP) is 7.47. The van der Waals surface area contributed by atoms with Gasteiger partial charge < -0.3 is 4.74 Å². The molecule has 0 rings (SSSR count). The number of hydrogen-bond acceptors (Lipinski definition) is 2. The molecular formula is C23H44O2Si. The van der Waals surface area contributed by atoms with Crippen LogP contribution in [-0.4, -0.2) is 20.7 Å². The van der Waals surface area contributed by atoms with Crippen molar-refractivity contribution >= 4 is 14.0 Å². The van der Waals surface area contributed by atoms with Gasteiger partial charge in [0.15, 0.2) is 0 Å². The number of esters is 1. The number of hydrogen-bond donors (Lipinski definition) is 0. The van der Waals surface area contributed by atoms with Crippen molar-refractivity contribution in [3.05, 3.63) is 23.4 Å². The highest BCUT2D eigenvalue weighted by Crippen LogP contribution is 2.23. The first kappa shape index (κ1) is 25.2. The Morgan fingerprint density at radius 2 is 1.62 bits per heavy atom. The van der Waals surface area contributed by atoms with Gasteiger partial charge in [-0.05, 0) is 59.3 Å². The third kappa shape index (κ3) is 14.3. The van der Waals surface area contributed by atoms with Gasteiger partial charge >= 0.3 is 5.97 Å². The van der Waals surface area contributed by atoms with Crippen LogP contribution in [0.3, 0.4) is 0 Å². The summed E-state index contributed by atoms with van der Waals surface area (Å²) in [6.45, 7) is 20.0. The fourth-order valence-corrected chi connectivity index (χ4v) is 4.34. The summed E-state index contributed by atoms with van der Waals surface area (Å²) in [5.74, 6) is -0.108. The molecule has 0 saturated carbocycles. The van der Waals surface area contributed by atoms with Gasteiger partial charge in [-0.3, -0.25) is 4.79 Å². The van der Waals surface area contributed by atoms with E-state index in [1.807, 2.05) is 20.8 Å². The molecule has 0 fully saturated rings. The number of allylic oxidation sites excluding steroid dienone is 2. The van der Waals surface area contributed by atoms with Crippen molar-refractivity contribution in [1.82, 2.24) is 0 Å². The van der Waals surface area contributed by atoms with Crippen LogP contribution in [0.2, 0.25) is 19.6 Å². The second-order valence-corrected chi connectivity index (χ2v) is 14.8. The van der Waals surface area contributed by atoms with Crippen LogP contribution in [0.1, 0.15) is 85.5 Å². The highest BCUT2D eigenvalue weighted by atomic mass is 28.3. The lowest BCUT2D eigenvalue weighted by Gasteiger charge is -2.17. The second-order valence-electron chi connectivity index (χ2n) is 9.75. The van der Waals surface area contributed by atoms with E-state index >= 15 is 0 Å². The van der Waals surface area contributed by atoms with E-state index in [9.17, 15) is 4.79 Å². The van der Waals surface area contributed by atoms with E-state index in [2.05, 4.69) is 38.8 Å². The summed E-state index contributed by atoms with van der Waals surface area (Å²) < 4.78 is 5.34. The molecule has 152 valence electrons. The maximum Gasteiger partial charge on any atom is 0.311 e. The van der Waals surface area contributed by atoms with Crippen molar-refractivity contribution < 1.29 is 9.53 Å². The Kier molecular flexibility index (Phi) is 12.1. The topological polar surface area (TPSA) is 26.3 Å². The van der Waals surface area contributed by atoms with Crippen LogP contribution in [0.25, 0.3) is 0 Å². The van der Waals surface area contributed by atoms with Gasteiger partial charge in [-0.2, -0.15) is 0 Å². The molecular weight excluding hydrogens is 336 g/mol. The zero-order chi connectivity index (χ0) is 20.2. The van der Waals surface area contributed by atoms with Crippen LogP contribution in [0.15, 0.2) is 23.4 Å². The van der Waals surface area contributed by atoms with Crippen LogP contribution in [0.4, 0.5) is 0 Å². The quantitative estimate of drug-likeness (QED) is 0.143. The monoisotopic (exact) mass is 380 g/mol. The number of ether oxygens (including phenoxy) is 1. The second kappa shape index (κ2) is 12.5. The Labute approximate surface area is 164 Å². The minimum Gasteiger partial charge on any atom is -0.465 e. The number of unbranched alkanes of at least 4 members (excludes halogenated alkanes) is 4. The average molecular weight is 381 g/mol. The van der Waals surface area contributed by atoms with Crippen LogP contribution in [0, 0.1) is 5.41 Å². The first-order valence-electron chi connectivity index (χ1n) is 10.5. The van der Waals surface area contributed by atoms with Crippen molar-refractivity contribution in [1.29, 1.82) is 0 Å². The molecule has 0 unspecified atom stereocenters. The molecule has 0 spiro atoms. The van der Waals surface area contributed by atoms with E-state index in [0.717, 1.165) is 25.7 Å². The van der Waals surface area contributed by atoms with Crippen LogP contribution in [0.5, 0.6) is 0 Å². The van der Waals surface area contributed by atoms with Crippen molar-refractivity contribution in [3.63, 3.8) is 0 Å². The third-order valence-electron chi connectivity index (χ3n) is 4.24. The van der Waals surface area contributed by atoms with Crippen molar-refractivity contribution in [2.75, 3.05) is 6.61 Å². The lowest BCUT2D eigenvalue weighted by Crippen LogP contribution is -2.23. The first-order valence-corrected chi connectivity index (χ1v) is 14.1. The molecule has 0 aromatic carbocycles. The number of carbonyl (C=O) groups excluding carboxylic acids is 1. The van der Waals surface area contributed by atoms with Crippen molar-refractivity contribution in [3.8, 4) is 0 Å². The molecule has 0 N–H and O–H groups in total. The molecule has 0 amide bonds. The van der Waals surface area contributed by atoms with E-state index < -0.39 is 13.5 Å². The fraction of sp³-hybridized carbons (Fsp3) is 0.783. The minimum atomic E-state index is -1.19. The molecule has 26 heavy (non-hydrogen) atoms. The number of rotatable bonds is 13. The van der Waals surface area contributed by atoms with Gasteiger partial charge in [-0.15, -0.1) is 0 Å². The van der Waals surface area contributed by atoms with Gasteiger partial charge in [0, 0.05) is 0 Å². The molecule has 0 radical (unpaired) electrons. The normalized spacial score (nSPS) is 13.0. The Hall–Kier alpha value is -0.833. The van der Waals surface area contributed by atoms with Gasteiger partial charge in [-0.25, -0.2) is 0 Å². The minimum absolute atomic E-state index is 0.108. The molecule has 0 saturated heterocycles. The van der Waals surface area contributed by atoms with E-state index in [1.54, 1.807) is 5.57 Å². The maximum atomic E-state index is 11.7. The molecule has 0 aliphatic carbocycles. The summed E-state index contributed by atoms with van der Waals surface area (Å²) in [7, 11) is -1.19. The summed E-state index contributed by atoms with van der Waals surface area (Å²) in [6.07, 6.45) is 10.6. The van der Waals surface area contributed by atoms with E-state index in [1.165, 1.54) is 37.7 Å². The molecule has 0 aliphatic rings. The average Bonchev–Trinajstić information content (AvgIpc) is 2.48. The van der Waals surface area contributed by atoms with Gasteiger partial charge in [0.2, 0.25) is 0 Å². The highest BCUT2D eigenvalue weighted by Gasteiger charge is 2.22. The lowest BCUT2D eigenvalue weighted by atomic mass is 9.97. The summed E-state index contributed by atoms with van der Waals surface area (Å²) in [4.78, 5) is 11.7. The Bertz CT molecular complexity index is 450. The smallest absolute Gasteiger partial charge is 0.311 e. The van der Waals surface area contributed by atoms with Crippen LogP contribution >= 0.6 is 0 Å². The SMILES string of the molecule is C=C(CCCCOC(=O)C(C)(C)C)C/C(=C\[Si](C)(C)C)CCCCCC. The maximum absolute atomic E-state index is 11.7. The fourth-order valence-electron chi connectivity index (χ4n) is 2.87. The summed E-state index contributed by atoms with van der Waals surface area (Å²) >= 11 is 0. The Morgan fingerprint density at radius 1 is 1.00 bits per heavy atom. The largest absolute Gasteiger partial charge is 0.465 e. The van der Waals surface area contributed by atoms with E-state index in [4.69, 9.17) is 4.74 Å². The van der Waals surface area contributed by atoms with Gasteiger partial charge in [0.25, 0.3) is 0 Å². The van der Waals surface area contributed by atoms with Crippen LogP contribution in [-0.2, 0) is 9.53 Å². The molecule has 3 heteroatoms. The molecule has 0 atom stereocenters. The summed E-state index contributed by atoms with van der Waals surface area (Å²) in [5.41, 5.74) is 5.10. The zero-order valence-electron chi connectivity index (χ0n) is 18.7. The van der Waals surface area contributed by atoms with Crippen LogP contribution < -0.4 is 0 Å². The van der Waals surface area contributed by atoms with Crippen molar-refractivity contribution in [2.24, 2.45) is 5.41 Å². The predicted molar refractivity (Wildman–Crippen MR) is 118 cm³/mol. The zero-order valence-corrected chi connectivity index (χ0v) is 19.7. The highest BCUT2D eigenvalue weighted by molar-refractivity contribution is 6.81. The molecule has 0 heterocycles. The van der Waals surface area contributed by atoms with E-state index in [0.29, 0.717) is 6.61 Å². The summed E-state index contributed by atoms with van der Waals surface area (Å²) in [6, 6.07) is 0. The molecule has 0 aromatic heterocycles. The molecule has 0 aromatic rings. The Balaban J connectivity index is 4.24. The molecule has 2 nitrogen and oxygen atoms in total.